The van der Waals surface area contributed by atoms with Crippen LogP contribution < -0.4 is 16.4 Å². The van der Waals surface area contributed by atoms with Crippen molar-refractivity contribution in [1.29, 1.82) is 0 Å². The molecule has 0 aromatic heterocycles. The molecule has 3 rings (SSSR count). The summed E-state index contributed by atoms with van der Waals surface area (Å²) in [4.78, 5) is 37.9. The average Bonchev–Trinajstić information content (AvgIpc) is 2.73. The lowest BCUT2D eigenvalue weighted by Crippen LogP contribution is -2.40. The Hall–Kier alpha value is -3.39. The summed E-state index contributed by atoms with van der Waals surface area (Å²) in [6.07, 6.45) is 0. The van der Waals surface area contributed by atoms with Crippen LogP contribution in [0.15, 0.2) is 48.5 Å². The number of nitrogens with zero attached hydrogens (tertiary/aromatic N) is 1. The SMILES string of the molecule is NC(=O)c1ccccc1NC(=O)CNc1cccc(C(=O)N2CCOCC2)c1. The molecule has 1 aliphatic heterocycles. The third-order valence-electron chi connectivity index (χ3n) is 4.33. The first-order chi connectivity index (χ1) is 13.5. The lowest BCUT2D eigenvalue weighted by molar-refractivity contribution is -0.114. The number of hydrogen-bond acceptors (Lipinski definition) is 5. The summed E-state index contributed by atoms with van der Waals surface area (Å²) in [5, 5.41) is 5.65. The van der Waals surface area contributed by atoms with Gasteiger partial charge in [-0.1, -0.05) is 18.2 Å². The molecule has 0 bridgehead atoms. The maximum atomic E-state index is 12.6. The number of anilines is 2. The Morgan fingerprint density at radius 2 is 1.79 bits per heavy atom. The molecule has 0 aliphatic carbocycles. The van der Waals surface area contributed by atoms with E-state index in [0.29, 0.717) is 43.2 Å². The number of primary amides is 1. The largest absolute Gasteiger partial charge is 0.378 e. The summed E-state index contributed by atoms with van der Waals surface area (Å²) in [5.74, 6) is -1.01. The smallest absolute Gasteiger partial charge is 0.254 e. The molecule has 4 N–H and O–H groups in total. The van der Waals surface area contributed by atoms with Gasteiger partial charge < -0.3 is 26.0 Å². The van der Waals surface area contributed by atoms with Crippen LogP contribution in [0, 0.1) is 0 Å². The minimum Gasteiger partial charge on any atom is -0.378 e. The number of hydrogen-bond donors (Lipinski definition) is 3. The zero-order valence-corrected chi connectivity index (χ0v) is 15.3. The van der Waals surface area contributed by atoms with Crippen molar-refractivity contribution >= 4 is 29.1 Å². The molecule has 2 aromatic rings. The van der Waals surface area contributed by atoms with Crippen molar-refractivity contribution < 1.29 is 19.1 Å². The summed E-state index contributed by atoms with van der Waals surface area (Å²) in [6, 6.07) is 13.5. The second-order valence-electron chi connectivity index (χ2n) is 6.30. The van der Waals surface area contributed by atoms with E-state index in [-0.39, 0.29) is 23.9 Å². The van der Waals surface area contributed by atoms with Crippen LogP contribution in [-0.2, 0) is 9.53 Å². The van der Waals surface area contributed by atoms with Gasteiger partial charge in [0, 0.05) is 24.3 Å². The van der Waals surface area contributed by atoms with Gasteiger partial charge in [0.25, 0.3) is 11.8 Å². The fraction of sp³-hybridized carbons (Fsp3) is 0.250. The fourth-order valence-corrected chi connectivity index (χ4v) is 2.89. The van der Waals surface area contributed by atoms with E-state index < -0.39 is 5.91 Å². The van der Waals surface area contributed by atoms with Crippen LogP contribution in [0.1, 0.15) is 20.7 Å². The number of carbonyl (C=O) groups is 3. The van der Waals surface area contributed by atoms with Gasteiger partial charge in [0.15, 0.2) is 0 Å². The highest BCUT2D eigenvalue weighted by atomic mass is 16.5. The number of benzene rings is 2. The van der Waals surface area contributed by atoms with E-state index in [1.165, 1.54) is 0 Å². The molecule has 2 aromatic carbocycles. The number of amides is 3. The van der Waals surface area contributed by atoms with Crippen LogP contribution in [-0.4, -0.2) is 55.5 Å². The molecule has 0 spiro atoms. The van der Waals surface area contributed by atoms with Crippen molar-refractivity contribution in [2.45, 2.75) is 0 Å². The zero-order valence-electron chi connectivity index (χ0n) is 15.3. The van der Waals surface area contributed by atoms with Crippen LogP contribution in [0.25, 0.3) is 0 Å². The molecule has 0 unspecified atom stereocenters. The highest BCUT2D eigenvalue weighted by Gasteiger charge is 2.18. The topological polar surface area (TPSA) is 114 Å². The molecule has 0 atom stereocenters. The minimum absolute atomic E-state index is 0.0255. The van der Waals surface area contributed by atoms with Crippen molar-refractivity contribution in [2.24, 2.45) is 5.73 Å². The van der Waals surface area contributed by atoms with Crippen LogP contribution in [0.2, 0.25) is 0 Å². The Labute approximate surface area is 162 Å². The number of carbonyl (C=O) groups excluding carboxylic acids is 3. The second kappa shape index (κ2) is 9.01. The van der Waals surface area contributed by atoms with Gasteiger partial charge in [0.05, 0.1) is 31.0 Å². The Morgan fingerprint density at radius 1 is 1.04 bits per heavy atom. The van der Waals surface area contributed by atoms with Crippen molar-refractivity contribution in [1.82, 2.24) is 4.90 Å². The number of para-hydroxylation sites is 1. The molecule has 1 fully saturated rings. The highest BCUT2D eigenvalue weighted by molar-refractivity contribution is 6.03. The summed E-state index contributed by atoms with van der Waals surface area (Å²) >= 11 is 0. The predicted molar refractivity (Wildman–Crippen MR) is 105 cm³/mol. The van der Waals surface area contributed by atoms with Gasteiger partial charge in [-0.3, -0.25) is 14.4 Å². The Balaban J connectivity index is 1.59. The normalized spacial score (nSPS) is 13.6. The van der Waals surface area contributed by atoms with Gasteiger partial charge in [-0.05, 0) is 30.3 Å². The van der Waals surface area contributed by atoms with Gasteiger partial charge in [-0.2, -0.15) is 0 Å². The minimum atomic E-state index is -0.613. The first kappa shape index (κ1) is 19.4. The monoisotopic (exact) mass is 382 g/mol. The fourth-order valence-electron chi connectivity index (χ4n) is 2.89. The first-order valence-electron chi connectivity index (χ1n) is 8.94. The summed E-state index contributed by atoms with van der Waals surface area (Å²) in [7, 11) is 0. The van der Waals surface area contributed by atoms with E-state index >= 15 is 0 Å². The molecule has 146 valence electrons. The number of ether oxygens (including phenoxy) is 1. The Kier molecular flexibility index (Phi) is 6.23. The number of rotatable bonds is 6. The number of nitrogens with one attached hydrogen (secondary N) is 2. The van der Waals surface area contributed by atoms with Crippen LogP contribution in [0.3, 0.4) is 0 Å². The van der Waals surface area contributed by atoms with Crippen molar-refractivity contribution in [3.05, 3.63) is 59.7 Å². The lowest BCUT2D eigenvalue weighted by atomic mass is 10.1. The molecule has 3 amide bonds. The third kappa shape index (κ3) is 4.86. The molecular weight excluding hydrogens is 360 g/mol. The Bertz CT molecular complexity index is 878. The van der Waals surface area contributed by atoms with Gasteiger partial charge in [0.1, 0.15) is 0 Å². The van der Waals surface area contributed by atoms with Gasteiger partial charge in [-0.25, -0.2) is 0 Å². The highest BCUT2D eigenvalue weighted by Crippen LogP contribution is 2.15. The van der Waals surface area contributed by atoms with E-state index in [0.717, 1.165) is 0 Å². The maximum Gasteiger partial charge on any atom is 0.254 e. The standard InChI is InChI=1S/C20H22N4O4/c21-19(26)16-6-1-2-7-17(16)23-18(25)13-22-15-5-3-4-14(12-15)20(27)24-8-10-28-11-9-24/h1-7,12,22H,8-11,13H2,(H2,21,26)(H,23,25). The van der Waals surface area contributed by atoms with Gasteiger partial charge in [0.2, 0.25) is 5.91 Å². The average molecular weight is 382 g/mol. The van der Waals surface area contributed by atoms with Crippen LogP contribution >= 0.6 is 0 Å². The van der Waals surface area contributed by atoms with Crippen molar-refractivity contribution in [3.8, 4) is 0 Å². The number of morpholine rings is 1. The summed E-state index contributed by atoms with van der Waals surface area (Å²) in [6.45, 7) is 2.19. The second-order valence-corrected chi connectivity index (χ2v) is 6.30. The molecular formula is C20H22N4O4. The lowest BCUT2D eigenvalue weighted by Gasteiger charge is -2.27. The Morgan fingerprint density at radius 3 is 2.54 bits per heavy atom. The molecule has 0 radical (unpaired) electrons. The molecule has 1 aliphatic rings. The van der Waals surface area contributed by atoms with E-state index in [9.17, 15) is 14.4 Å². The van der Waals surface area contributed by atoms with Crippen LogP contribution in [0.5, 0.6) is 0 Å². The summed E-state index contributed by atoms with van der Waals surface area (Å²) in [5.41, 5.74) is 7.11. The van der Waals surface area contributed by atoms with Crippen molar-refractivity contribution in [2.75, 3.05) is 43.5 Å². The van der Waals surface area contributed by atoms with E-state index in [1.807, 2.05) is 0 Å². The summed E-state index contributed by atoms with van der Waals surface area (Å²) < 4.78 is 5.27. The molecule has 8 heteroatoms. The van der Waals surface area contributed by atoms with Crippen molar-refractivity contribution in [3.63, 3.8) is 0 Å². The molecule has 8 nitrogen and oxygen atoms in total. The van der Waals surface area contributed by atoms with Gasteiger partial charge >= 0.3 is 0 Å². The molecule has 28 heavy (non-hydrogen) atoms. The molecule has 1 heterocycles. The molecule has 1 saturated heterocycles. The quantitative estimate of drug-likeness (QED) is 0.697. The molecule has 0 saturated carbocycles. The van der Waals surface area contributed by atoms with E-state index in [4.69, 9.17) is 10.5 Å². The van der Waals surface area contributed by atoms with E-state index in [1.54, 1.807) is 53.4 Å². The van der Waals surface area contributed by atoms with Gasteiger partial charge in [-0.15, -0.1) is 0 Å². The first-order valence-corrected chi connectivity index (χ1v) is 8.94. The third-order valence-corrected chi connectivity index (χ3v) is 4.33. The predicted octanol–water partition coefficient (Wildman–Crippen LogP) is 1.31. The zero-order chi connectivity index (χ0) is 19.9. The maximum absolute atomic E-state index is 12.6. The van der Waals surface area contributed by atoms with Crippen LogP contribution in [0.4, 0.5) is 11.4 Å². The number of nitrogens with two attached hydrogens (primary N) is 1. The van der Waals surface area contributed by atoms with E-state index in [2.05, 4.69) is 10.6 Å².